The van der Waals surface area contributed by atoms with E-state index in [0.717, 1.165) is 0 Å². The lowest BCUT2D eigenvalue weighted by Gasteiger charge is -2.30. The number of nitrogens with zero attached hydrogens (tertiary/aromatic N) is 3. The average molecular weight is 404 g/mol. The molecule has 0 bridgehead atoms. The van der Waals surface area contributed by atoms with Gasteiger partial charge in [-0.05, 0) is 37.5 Å². The maximum atomic E-state index is 12.9. The highest BCUT2D eigenvalue weighted by atomic mass is 32.2. The molecule has 2 fully saturated rings. The number of hydrogen-bond donors (Lipinski definition) is 1. The zero-order valence-electron chi connectivity index (χ0n) is 15.8. The van der Waals surface area contributed by atoms with Crippen LogP contribution in [0.5, 0.6) is 0 Å². The summed E-state index contributed by atoms with van der Waals surface area (Å²) >= 11 is 0. The van der Waals surface area contributed by atoms with Gasteiger partial charge in [-0.2, -0.15) is 9.57 Å². The minimum Gasteiger partial charge on any atom is -0.348 e. The quantitative estimate of drug-likeness (QED) is 0.804. The van der Waals surface area contributed by atoms with Crippen LogP contribution in [-0.4, -0.2) is 62.2 Å². The molecule has 0 spiro atoms. The van der Waals surface area contributed by atoms with Gasteiger partial charge in [0, 0.05) is 50.6 Å². The third kappa shape index (κ3) is 4.34. The lowest BCUT2D eigenvalue weighted by atomic mass is 10.0. The predicted octanol–water partition coefficient (Wildman–Crippen LogP) is 0.961. The standard InChI is InChI=1S/C19H24N4O4S/c1-22-13-16(5-6-18(22)24)21-19(25)15-3-2-4-17(11-15)28(26,27)23-9-7-14(12-20)8-10-23/h2-4,11,14,16H,5-10,13H2,1H3,(H,21,25)/t16-/m1/s1. The molecule has 2 saturated heterocycles. The number of benzene rings is 1. The van der Waals surface area contributed by atoms with Crippen molar-refractivity contribution >= 4 is 21.8 Å². The van der Waals surface area contributed by atoms with Crippen molar-refractivity contribution in [3.63, 3.8) is 0 Å². The van der Waals surface area contributed by atoms with Gasteiger partial charge in [-0.15, -0.1) is 0 Å². The van der Waals surface area contributed by atoms with Crippen LogP contribution in [0.1, 0.15) is 36.0 Å². The number of rotatable bonds is 4. The van der Waals surface area contributed by atoms with Crippen LogP contribution in [0.25, 0.3) is 0 Å². The van der Waals surface area contributed by atoms with E-state index >= 15 is 0 Å². The molecular formula is C19H24N4O4S. The Morgan fingerprint density at radius 2 is 1.96 bits per heavy atom. The highest BCUT2D eigenvalue weighted by Crippen LogP contribution is 2.24. The maximum absolute atomic E-state index is 12.9. The number of hydrogen-bond acceptors (Lipinski definition) is 5. The lowest BCUT2D eigenvalue weighted by Crippen LogP contribution is -2.48. The molecule has 2 aliphatic heterocycles. The van der Waals surface area contributed by atoms with Gasteiger partial charge in [-0.25, -0.2) is 8.42 Å². The maximum Gasteiger partial charge on any atom is 0.251 e. The molecular weight excluding hydrogens is 380 g/mol. The van der Waals surface area contributed by atoms with E-state index in [1.165, 1.54) is 16.4 Å². The number of likely N-dealkylation sites (tertiary alicyclic amines) is 1. The first-order valence-corrected chi connectivity index (χ1v) is 10.8. The van der Waals surface area contributed by atoms with E-state index in [0.29, 0.717) is 45.3 Å². The van der Waals surface area contributed by atoms with Crippen molar-refractivity contribution in [3.05, 3.63) is 29.8 Å². The van der Waals surface area contributed by atoms with Crippen molar-refractivity contribution in [2.45, 2.75) is 36.6 Å². The van der Waals surface area contributed by atoms with Gasteiger partial charge in [0.15, 0.2) is 0 Å². The number of nitriles is 1. The Morgan fingerprint density at radius 1 is 1.25 bits per heavy atom. The van der Waals surface area contributed by atoms with Crippen molar-refractivity contribution in [2.75, 3.05) is 26.7 Å². The van der Waals surface area contributed by atoms with E-state index in [1.54, 1.807) is 24.1 Å². The molecule has 28 heavy (non-hydrogen) atoms. The molecule has 2 aliphatic rings. The molecule has 0 unspecified atom stereocenters. The summed E-state index contributed by atoms with van der Waals surface area (Å²) in [5.74, 6) is -0.407. The Morgan fingerprint density at radius 3 is 2.61 bits per heavy atom. The second-order valence-corrected chi connectivity index (χ2v) is 9.26. The summed E-state index contributed by atoms with van der Waals surface area (Å²) in [6.45, 7) is 1.05. The summed E-state index contributed by atoms with van der Waals surface area (Å²) in [4.78, 5) is 25.8. The molecule has 1 aromatic rings. The molecule has 9 heteroatoms. The normalized spacial score (nSPS) is 21.9. The average Bonchev–Trinajstić information content (AvgIpc) is 2.71. The van der Waals surface area contributed by atoms with Crippen LogP contribution in [0.3, 0.4) is 0 Å². The molecule has 1 aromatic carbocycles. The number of carbonyl (C=O) groups excluding carboxylic acids is 2. The largest absolute Gasteiger partial charge is 0.348 e. The molecule has 0 aliphatic carbocycles. The highest BCUT2D eigenvalue weighted by Gasteiger charge is 2.30. The smallest absolute Gasteiger partial charge is 0.251 e. The second-order valence-electron chi connectivity index (χ2n) is 7.32. The zero-order valence-corrected chi connectivity index (χ0v) is 16.6. The number of likely N-dealkylation sites (N-methyl/N-ethyl adjacent to an activating group) is 1. The number of sulfonamides is 1. The van der Waals surface area contributed by atoms with Gasteiger partial charge in [0.2, 0.25) is 15.9 Å². The van der Waals surface area contributed by atoms with Crippen molar-refractivity contribution in [1.82, 2.24) is 14.5 Å². The van der Waals surface area contributed by atoms with Gasteiger partial charge < -0.3 is 10.2 Å². The summed E-state index contributed by atoms with van der Waals surface area (Å²) in [6, 6.07) is 8.04. The molecule has 0 saturated carbocycles. The molecule has 0 aromatic heterocycles. The summed E-state index contributed by atoms with van der Waals surface area (Å²) in [5, 5.41) is 11.9. The van der Waals surface area contributed by atoms with Gasteiger partial charge in [-0.1, -0.05) is 6.07 Å². The number of amides is 2. The lowest BCUT2D eigenvalue weighted by molar-refractivity contribution is -0.132. The Labute approximate surface area is 165 Å². The minimum atomic E-state index is -3.71. The molecule has 3 rings (SSSR count). The van der Waals surface area contributed by atoms with E-state index in [-0.39, 0.29) is 34.2 Å². The molecule has 2 amide bonds. The van der Waals surface area contributed by atoms with Crippen LogP contribution >= 0.6 is 0 Å². The van der Waals surface area contributed by atoms with E-state index in [1.807, 2.05) is 0 Å². The molecule has 2 heterocycles. The fraction of sp³-hybridized carbons (Fsp3) is 0.526. The van der Waals surface area contributed by atoms with Crippen LogP contribution in [0.4, 0.5) is 0 Å². The van der Waals surface area contributed by atoms with Crippen molar-refractivity contribution in [3.8, 4) is 6.07 Å². The summed E-state index contributed by atoms with van der Waals surface area (Å²) in [5.41, 5.74) is 0.271. The molecule has 1 atom stereocenters. The predicted molar refractivity (Wildman–Crippen MR) is 102 cm³/mol. The highest BCUT2D eigenvalue weighted by molar-refractivity contribution is 7.89. The fourth-order valence-corrected chi connectivity index (χ4v) is 5.09. The second kappa shape index (κ2) is 8.29. The van der Waals surface area contributed by atoms with Crippen LogP contribution in [0, 0.1) is 17.2 Å². The monoisotopic (exact) mass is 404 g/mol. The summed E-state index contributed by atoms with van der Waals surface area (Å²) in [6.07, 6.45) is 1.99. The van der Waals surface area contributed by atoms with Gasteiger partial charge >= 0.3 is 0 Å². The SMILES string of the molecule is CN1C[C@H](NC(=O)c2cccc(S(=O)(=O)N3CCC(C#N)CC3)c2)CCC1=O. The van der Waals surface area contributed by atoms with Gasteiger partial charge in [0.1, 0.15) is 0 Å². The number of piperidine rings is 2. The summed E-state index contributed by atoms with van der Waals surface area (Å²) < 4.78 is 27.2. The Balaban J connectivity index is 1.70. The Bertz CT molecular complexity index is 901. The van der Waals surface area contributed by atoms with Gasteiger partial charge in [0.05, 0.1) is 11.0 Å². The van der Waals surface area contributed by atoms with Crippen LogP contribution in [0.15, 0.2) is 29.2 Å². The first kappa shape index (κ1) is 20.3. The van der Waals surface area contributed by atoms with Crippen LogP contribution < -0.4 is 5.32 Å². The summed E-state index contributed by atoms with van der Waals surface area (Å²) in [7, 11) is -2.01. The van der Waals surface area contributed by atoms with Gasteiger partial charge in [0.25, 0.3) is 5.91 Å². The third-order valence-corrected chi connectivity index (χ3v) is 7.23. The third-order valence-electron chi connectivity index (χ3n) is 5.33. The zero-order chi connectivity index (χ0) is 20.3. The minimum absolute atomic E-state index is 0.0544. The first-order chi connectivity index (χ1) is 13.3. The topological polar surface area (TPSA) is 111 Å². The number of carbonyl (C=O) groups is 2. The molecule has 1 N–H and O–H groups in total. The first-order valence-electron chi connectivity index (χ1n) is 9.36. The molecule has 8 nitrogen and oxygen atoms in total. The van der Waals surface area contributed by atoms with Crippen molar-refractivity contribution < 1.29 is 18.0 Å². The van der Waals surface area contributed by atoms with E-state index in [2.05, 4.69) is 11.4 Å². The Hall–Kier alpha value is -2.44. The van der Waals surface area contributed by atoms with E-state index in [9.17, 15) is 18.0 Å². The molecule has 0 radical (unpaired) electrons. The van der Waals surface area contributed by atoms with Gasteiger partial charge in [-0.3, -0.25) is 9.59 Å². The van der Waals surface area contributed by atoms with Crippen LogP contribution in [0.2, 0.25) is 0 Å². The van der Waals surface area contributed by atoms with E-state index in [4.69, 9.17) is 5.26 Å². The van der Waals surface area contributed by atoms with E-state index < -0.39 is 10.0 Å². The van der Waals surface area contributed by atoms with Crippen molar-refractivity contribution in [2.24, 2.45) is 5.92 Å². The molecule has 150 valence electrons. The number of nitrogens with one attached hydrogen (secondary N) is 1. The fourth-order valence-electron chi connectivity index (χ4n) is 3.57. The Kier molecular flexibility index (Phi) is 6.01. The van der Waals surface area contributed by atoms with Crippen LogP contribution in [-0.2, 0) is 14.8 Å². The van der Waals surface area contributed by atoms with Crippen molar-refractivity contribution in [1.29, 1.82) is 5.26 Å².